The van der Waals surface area contributed by atoms with E-state index in [1.807, 2.05) is 0 Å². The average Bonchev–Trinajstić information content (AvgIpc) is 3.34. The first-order valence-corrected chi connectivity index (χ1v) is 18.2. The highest BCUT2D eigenvalue weighted by Gasteiger charge is 2.38. The van der Waals surface area contributed by atoms with Crippen molar-refractivity contribution in [1.82, 2.24) is 0 Å². The summed E-state index contributed by atoms with van der Waals surface area (Å²) in [6, 6.07) is 30.7. The van der Waals surface area contributed by atoms with Crippen molar-refractivity contribution in [2.45, 2.75) is 58.8 Å². The molecule has 0 saturated carbocycles. The Labute approximate surface area is 290 Å². The minimum absolute atomic E-state index is 0.105. The van der Waals surface area contributed by atoms with E-state index < -0.39 is 0 Å². The molecule has 0 saturated heterocycles. The number of fused-ring (bicyclic) bond motifs is 6. The van der Waals surface area contributed by atoms with E-state index in [1.54, 1.807) is 0 Å². The highest BCUT2D eigenvalue weighted by Crippen LogP contribution is 2.54. The average molecular weight is 631 g/mol. The van der Waals surface area contributed by atoms with Crippen LogP contribution in [0, 0.1) is 11.3 Å². The van der Waals surface area contributed by atoms with Gasteiger partial charge in [-0.15, -0.1) is 0 Å². The summed E-state index contributed by atoms with van der Waals surface area (Å²) in [5.41, 5.74) is 21.0. The molecule has 5 aliphatic rings. The van der Waals surface area contributed by atoms with E-state index in [0.717, 1.165) is 12.8 Å². The molecule has 2 atom stereocenters. The van der Waals surface area contributed by atoms with Gasteiger partial charge in [0.25, 0.3) is 0 Å². The van der Waals surface area contributed by atoms with Crippen molar-refractivity contribution in [3.8, 4) is 33.4 Å². The van der Waals surface area contributed by atoms with Gasteiger partial charge in [-0.2, -0.15) is 0 Å². The van der Waals surface area contributed by atoms with Gasteiger partial charge in [0.1, 0.15) is 0 Å². The molecule has 0 spiro atoms. The zero-order valence-electron chi connectivity index (χ0n) is 29.2. The van der Waals surface area contributed by atoms with E-state index in [0.29, 0.717) is 11.8 Å². The van der Waals surface area contributed by atoms with Crippen LogP contribution in [-0.2, 0) is 11.8 Å². The third-order valence-electron chi connectivity index (χ3n) is 12.2. The van der Waals surface area contributed by atoms with Gasteiger partial charge in [-0.1, -0.05) is 144 Å². The molecule has 0 radical (unpaired) electrons. The lowest BCUT2D eigenvalue weighted by Gasteiger charge is -2.39. The lowest BCUT2D eigenvalue weighted by Crippen LogP contribution is -2.24. The lowest BCUT2D eigenvalue weighted by molar-refractivity contribution is 0.499. The second kappa shape index (κ2) is 10.1. The fourth-order valence-corrected chi connectivity index (χ4v) is 9.57. The van der Waals surface area contributed by atoms with Crippen molar-refractivity contribution in [3.63, 3.8) is 0 Å². The Hall–Kier alpha value is -4.94. The van der Waals surface area contributed by atoms with E-state index in [1.165, 1.54) is 94.2 Å². The van der Waals surface area contributed by atoms with Gasteiger partial charge in [-0.3, -0.25) is 0 Å². The molecule has 0 amide bonds. The van der Waals surface area contributed by atoms with E-state index in [4.69, 9.17) is 0 Å². The normalized spacial score (nSPS) is 20.3. The lowest BCUT2D eigenvalue weighted by atomic mass is 9.65. The molecule has 5 aromatic carbocycles. The minimum Gasteiger partial charge on any atom is -0.0836 e. The van der Waals surface area contributed by atoms with E-state index in [2.05, 4.69) is 162 Å². The Balaban J connectivity index is 1.07. The molecule has 2 unspecified atom stereocenters. The molecule has 0 aromatic heterocycles. The number of aryl methyl sites for hydroxylation is 1. The molecule has 49 heavy (non-hydrogen) atoms. The van der Waals surface area contributed by atoms with Gasteiger partial charge >= 0.3 is 0 Å². The number of hydrogen-bond donors (Lipinski definition) is 0. The van der Waals surface area contributed by atoms with E-state index in [9.17, 15) is 0 Å². The topological polar surface area (TPSA) is 0 Å². The number of hydrogen-bond acceptors (Lipinski definition) is 0. The Morgan fingerprint density at radius 1 is 0.673 bits per heavy atom. The molecule has 0 aliphatic heterocycles. The minimum atomic E-state index is -0.105. The molecule has 0 heteroatoms. The first-order chi connectivity index (χ1) is 23.7. The van der Waals surface area contributed by atoms with Crippen molar-refractivity contribution < 1.29 is 0 Å². The summed E-state index contributed by atoms with van der Waals surface area (Å²) in [6.45, 7) is 11.8. The quantitative estimate of drug-likeness (QED) is 0.182. The van der Waals surface area contributed by atoms with Gasteiger partial charge in [-0.05, 0) is 131 Å². The van der Waals surface area contributed by atoms with Crippen LogP contribution < -0.4 is 0 Å². The van der Waals surface area contributed by atoms with Gasteiger partial charge < -0.3 is 0 Å². The Morgan fingerprint density at radius 2 is 1.39 bits per heavy atom. The zero-order valence-corrected chi connectivity index (χ0v) is 29.2. The third kappa shape index (κ3) is 4.16. The summed E-state index contributed by atoms with van der Waals surface area (Å²) >= 11 is 0. The van der Waals surface area contributed by atoms with Crippen LogP contribution >= 0.6 is 0 Å². The van der Waals surface area contributed by atoms with Crippen molar-refractivity contribution >= 4 is 29.0 Å². The number of allylic oxidation sites excluding steroid dienone is 7. The van der Waals surface area contributed by atoms with Crippen molar-refractivity contribution in [3.05, 3.63) is 159 Å². The highest BCUT2D eigenvalue weighted by molar-refractivity contribution is 6.03. The van der Waals surface area contributed by atoms with Crippen LogP contribution in [0.2, 0.25) is 0 Å². The summed E-state index contributed by atoms with van der Waals surface area (Å²) in [6.07, 6.45) is 21.5. The number of benzene rings is 5. The van der Waals surface area contributed by atoms with Gasteiger partial charge in [-0.25, -0.2) is 0 Å². The van der Waals surface area contributed by atoms with Gasteiger partial charge in [0.2, 0.25) is 0 Å². The summed E-state index contributed by atoms with van der Waals surface area (Å²) in [5, 5.41) is 2.71. The Morgan fingerprint density at radius 3 is 2.14 bits per heavy atom. The first kappa shape index (κ1) is 29.0. The molecule has 5 aromatic rings. The van der Waals surface area contributed by atoms with Crippen LogP contribution in [0.3, 0.4) is 0 Å². The molecular weight excluding hydrogens is 589 g/mol. The molecule has 0 bridgehead atoms. The SMILES string of the molecule is CC(C)(C)C1=CC2C=Cc3ccc(-c4ccc5c(c4)C(C)(C)c4cc(-c6cc7c(c8ccccc68)C=CCC7)ccc4-5)c4c3C2C(=C1)C=C4. The summed E-state index contributed by atoms with van der Waals surface area (Å²) in [7, 11) is 0. The molecule has 0 fully saturated rings. The largest absolute Gasteiger partial charge is 0.0836 e. The second-order valence-corrected chi connectivity index (χ2v) is 16.4. The third-order valence-corrected chi connectivity index (χ3v) is 12.2. The van der Waals surface area contributed by atoms with Gasteiger partial charge in [0.05, 0.1) is 0 Å². The van der Waals surface area contributed by atoms with Crippen LogP contribution in [0.15, 0.2) is 120 Å². The smallest absolute Gasteiger partial charge is 0.0199 e. The zero-order chi connectivity index (χ0) is 33.2. The maximum absolute atomic E-state index is 2.52. The van der Waals surface area contributed by atoms with Crippen molar-refractivity contribution in [2.24, 2.45) is 11.3 Å². The fraction of sp³-hybridized carbons (Fsp3) is 0.224. The number of rotatable bonds is 2. The monoisotopic (exact) mass is 630 g/mol. The Bertz CT molecular complexity index is 2440. The first-order valence-electron chi connectivity index (χ1n) is 18.2. The van der Waals surface area contributed by atoms with Crippen molar-refractivity contribution in [1.29, 1.82) is 0 Å². The standard InChI is InChI=1S/C49H42/c1-48(2,3)35-24-33-15-14-29-16-20-37(42-23-19-34(25-35)46(33)47(29)42)31-17-21-40-41-22-18-32(28-45(41)49(4,5)44(40)27-31)43-26-30-10-6-7-11-36(30)38-12-8-9-13-39(38)43/h7-9,11-28,33,46H,6,10H2,1-5H3. The highest BCUT2D eigenvalue weighted by atomic mass is 14.4. The van der Waals surface area contributed by atoms with Crippen molar-refractivity contribution in [2.75, 3.05) is 0 Å². The molecule has 0 heterocycles. The second-order valence-electron chi connectivity index (χ2n) is 16.4. The fourth-order valence-electron chi connectivity index (χ4n) is 9.57. The predicted molar refractivity (Wildman–Crippen MR) is 210 cm³/mol. The van der Waals surface area contributed by atoms with Crippen LogP contribution in [0.1, 0.15) is 85.9 Å². The maximum atomic E-state index is 2.52. The summed E-state index contributed by atoms with van der Waals surface area (Å²) < 4.78 is 0. The van der Waals surface area contributed by atoms with Crippen LogP contribution in [0.4, 0.5) is 0 Å². The molecule has 238 valence electrons. The maximum Gasteiger partial charge on any atom is 0.0199 e. The molecule has 0 N–H and O–H groups in total. The Kier molecular flexibility index (Phi) is 5.95. The van der Waals surface area contributed by atoms with E-state index in [-0.39, 0.29) is 10.8 Å². The van der Waals surface area contributed by atoms with Crippen LogP contribution in [0.25, 0.3) is 62.4 Å². The molecule has 0 nitrogen and oxygen atoms in total. The van der Waals surface area contributed by atoms with Crippen LogP contribution in [0.5, 0.6) is 0 Å². The molecular formula is C49H42. The summed E-state index contributed by atoms with van der Waals surface area (Å²) in [4.78, 5) is 0. The summed E-state index contributed by atoms with van der Waals surface area (Å²) in [5.74, 6) is 0.808. The molecule has 10 rings (SSSR count). The van der Waals surface area contributed by atoms with Gasteiger partial charge in [0, 0.05) is 17.3 Å². The predicted octanol–water partition coefficient (Wildman–Crippen LogP) is 13.1. The van der Waals surface area contributed by atoms with Gasteiger partial charge in [0.15, 0.2) is 0 Å². The molecule has 5 aliphatic carbocycles. The van der Waals surface area contributed by atoms with Crippen LogP contribution in [-0.4, -0.2) is 0 Å². The van der Waals surface area contributed by atoms with E-state index >= 15 is 0 Å².